The molecular weight excluding hydrogens is 356 g/mol. The van der Waals surface area contributed by atoms with Gasteiger partial charge in [-0.2, -0.15) is 26.3 Å². The Morgan fingerprint density at radius 2 is 1.68 bits per heavy atom. The molecule has 0 bridgehead atoms. The van der Waals surface area contributed by atoms with Gasteiger partial charge >= 0.3 is 18.0 Å². The molecule has 5 nitrogen and oxygen atoms in total. The first-order valence-electron chi connectivity index (χ1n) is 7.18. The minimum absolute atomic E-state index is 0.161. The summed E-state index contributed by atoms with van der Waals surface area (Å²) in [5, 5.41) is -1.06. The average Bonchev–Trinajstić information content (AvgIpc) is 2.49. The number of alkyl halides is 6. The lowest BCUT2D eigenvalue weighted by Crippen LogP contribution is -2.39. The van der Waals surface area contributed by atoms with Crippen LogP contribution in [0.4, 0.5) is 26.3 Å². The largest absolute Gasteiger partial charge is 0.433 e. The highest BCUT2D eigenvalue weighted by Gasteiger charge is 2.41. The zero-order chi connectivity index (χ0) is 19.2. The van der Waals surface area contributed by atoms with Gasteiger partial charge in [-0.25, -0.2) is 9.78 Å². The molecule has 2 aromatic rings. The Balaban J connectivity index is 3.08. The second-order valence-corrected chi connectivity index (χ2v) is 5.40. The van der Waals surface area contributed by atoms with Gasteiger partial charge in [-0.05, 0) is 12.5 Å². The lowest BCUT2D eigenvalue weighted by molar-refractivity contribution is -0.144. The fourth-order valence-electron chi connectivity index (χ4n) is 2.35. The van der Waals surface area contributed by atoms with Crippen LogP contribution in [0.1, 0.15) is 31.0 Å². The van der Waals surface area contributed by atoms with Crippen LogP contribution >= 0.6 is 0 Å². The van der Waals surface area contributed by atoms with Crippen molar-refractivity contribution in [1.29, 1.82) is 0 Å². The van der Waals surface area contributed by atoms with E-state index in [-0.39, 0.29) is 12.6 Å². The van der Waals surface area contributed by atoms with Gasteiger partial charge in [0.1, 0.15) is 5.69 Å². The Bertz CT molecular complexity index is 924. The molecule has 0 radical (unpaired) electrons. The van der Waals surface area contributed by atoms with Crippen LogP contribution in [0, 0.1) is 0 Å². The summed E-state index contributed by atoms with van der Waals surface area (Å²) in [5.41, 5.74) is -6.86. The first kappa shape index (κ1) is 19.0. The van der Waals surface area contributed by atoms with Gasteiger partial charge in [-0.15, -0.1) is 0 Å². The Kier molecular flexibility index (Phi) is 4.71. The molecule has 138 valence electrons. The van der Waals surface area contributed by atoms with Gasteiger partial charge in [-0.1, -0.05) is 13.3 Å². The maximum atomic E-state index is 13.3. The first-order chi connectivity index (χ1) is 11.4. The summed E-state index contributed by atoms with van der Waals surface area (Å²) in [4.78, 5) is 27.4. The molecule has 11 heteroatoms. The molecule has 0 saturated heterocycles. The number of hydrogen-bond donors (Lipinski definition) is 0. The molecule has 0 amide bonds. The van der Waals surface area contributed by atoms with Gasteiger partial charge in [0.25, 0.3) is 5.56 Å². The summed E-state index contributed by atoms with van der Waals surface area (Å²) in [6.07, 6.45) is -9.55. The average molecular weight is 369 g/mol. The molecule has 0 N–H and O–H groups in total. The number of fused-ring (bicyclic) bond motifs is 1. The van der Waals surface area contributed by atoms with Gasteiger partial charge in [0.2, 0.25) is 0 Å². The number of rotatable bonds is 3. The van der Waals surface area contributed by atoms with Crippen molar-refractivity contribution < 1.29 is 26.3 Å². The Labute approximate surface area is 136 Å². The second-order valence-electron chi connectivity index (χ2n) is 5.40. The predicted octanol–water partition coefficient (Wildman–Crippen LogP) is 2.93. The van der Waals surface area contributed by atoms with Crippen LogP contribution in [0.2, 0.25) is 0 Å². The van der Waals surface area contributed by atoms with Crippen LogP contribution in [0.5, 0.6) is 0 Å². The monoisotopic (exact) mass is 369 g/mol. The normalized spacial score (nSPS) is 12.8. The van der Waals surface area contributed by atoms with E-state index >= 15 is 0 Å². The third kappa shape index (κ3) is 3.40. The van der Waals surface area contributed by atoms with Crippen LogP contribution in [0.25, 0.3) is 11.0 Å². The van der Waals surface area contributed by atoms with Gasteiger partial charge in [0, 0.05) is 13.6 Å². The molecule has 0 aliphatic heterocycles. The minimum atomic E-state index is -5.22. The Morgan fingerprint density at radius 1 is 1.08 bits per heavy atom. The summed E-state index contributed by atoms with van der Waals surface area (Å²) >= 11 is 0. The topological polar surface area (TPSA) is 56.9 Å². The van der Waals surface area contributed by atoms with Crippen molar-refractivity contribution in [1.82, 2.24) is 14.1 Å². The fourth-order valence-corrected chi connectivity index (χ4v) is 2.35. The summed E-state index contributed by atoms with van der Waals surface area (Å²) in [7, 11) is 0.963. The van der Waals surface area contributed by atoms with E-state index in [9.17, 15) is 35.9 Å². The smallest absolute Gasteiger partial charge is 0.277 e. The van der Waals surface area contributed by atoms with Crippen molar-refractivity contribution >= 4 is 11.0 Å². The quantitative estimate of drug-likeness (QED) is 0.782. The third-order valence-electron chi connectivity index (χ3n) is 3.62. The van der Waals surface area contributed by atoms with Gasteiger partial charge in [0.15, 0.2) is 5.65 Å². The highest BCUT2D eigenvalue weighted by molar-refractivity contribution is 5.79. The highest BCUT2D eigenvalue weighted by Crippen LogP contribution is 2.37. The molecule has 0 unspecified atom stereocenters. The molecule has 0 spiro atoms. The van der Waals surface area contributed by atoms with Crippen molar-refractivity contribution in [3.05, 3.63) is 38.2 Å². The van der Waals surface area contributed by atoms with Gasteiger partial charge in [-0.3, -0.25) is 13.9 Å². The number of unbranched alkanes of at least 4 members (excludes halogenated alkanes) is 1. The zero-order valence-corrected chi connectivity index (χ0v) is 13.1. The van der Waals surface area contributed by atoms with Gasteiger partial charge in [0.05, 0.1) is 10.9 Å². The number of hydrogen-bond acceptors (Lipinski definition) is 3. The SMILES string of the molecule is CCCCn1c(=O)n(C)c(=O)c2c(C(F)(F)F)cc(C(F)(F)F)nc21. The van der Waals surface area contributed by atoms with E-state index in [1.807, 2.05) is 0 Å². The number of pyridine rings is 1. The predicted molar refractivity (Wildman–Crippen MR) is 76.2 cm³/mol. The van der Waals surface area contributed by atoms with E-state index < -0.39 is 45.9 Å². The molecule has 0 aliphatic carbocycles. The zero-order valence-electron chi connectivity index (χ0n) is 13.1. The van der Waals surface area contributed by atoms with Crippen LogP contribution in [0.3, 0.4) is 0 Å². The van der Waals surface area contributed by atoms with Crippen molar-refractivity contribution in [3.8, 4) is 0 Å². The Morgan fingerprint density at radius 3 is 2.16 bits per heavy atom. The first-order valence-corrected chi connectivity index (χ1v) is 7.18. The summed E-state index contributed by atoms with van der Waals surface area (Å²) in [6.45, 7) is 1.57. The molecule has 0 saturated carbocycles. The van der Waals surface area contributed by atoms with Crippen LogP contribution < -0.4 is 11.2 Å². The van der Waals surface area contributed by atoms with E-state index in [1.54, 1.807) is 6.92 Å². The lowest BCUT2D eigenvalue weighted by Gasteiger charge is -2.17. The van der Waals surface area contributed by atoms with Crippen molar-refractivity contribution in [2.75, 3.05) is 0 Å². The molecule has 0 fully saturated rings. The van der Waals surface area contributed by atoms with E-state index in [0.717, 1.165) is 7.05 Å². The molecule has 25 heavy (non-hydrogen) atoms. The van der Waals surface area contributed by atoms with E-state index in [4.69, 9.17) is 0 Å². The van der Waals surface area contributed by atoms with Crippen LogP contribution in [-0.4, -0.2) is 14.1 Å². The molecule has 0 aliphatic rings. The third-order valence-corrected chi connectivity index (χ3v) is 3.62. The van der Waals surface area contributed by atoms with Crippen LogP contribution in [-0.2, 0) is 25.9 Å². The minimum Gasteiger partial charge on any atom is -0.277 e. The molecule has 2 aromatic heterocycles. The second kappa shape index (κ2) is 6.19. The number of halogens is 6. The molecular formula is C14H13F6N3O2. The van der Waals surface area contributed by atoms with E-state index in [2.05, 4.69) is 4.98 Å². The maximum absolute atomic E-state index is 13.3. The van der Waals surface area contributed by atoms with E-state index in [0.29, 0.717) is 22.0 Å². The molecule has 0 atom stereocenters. The number of aromatic nitrogens is 3. The van der Waals surface area contributed by atoms with Crippen LogP contribution in [0.15, 0.2) is 15.7 Å². The maximum Gasteiger partial charge on any atom is 0.433 e. The van der Waals surface area contributed by atoms with Crippen molar-refractivity contribution in [2.45, 2.75) is 38.7 Å². The summed E-state index contributed by atoms with van der Waals surface area (Å²) in [5.74, 6) is 0. The number of nitrogens with zero attached hydrogens (tertiary/aromatic N) is 3. The highest BCUT2D eigenvalue weighted by atomic mass is 19.4. The van der Waals surface area contributed by atoms with Crippen molar-refractivity contribution in [3.63, 3.8) is 0 Å². The molecule has 2 rings (SSSR count). The standard InChI is InChI=1S/C14H13F6N3O2/c1-3-4-5-23-10-9(11(24)22(2)12(23)25)7(13(15,16)17)6-8(21-10)14(18,19)20/h6H,3-5H2,1-2H3. The van der Waals surface area contributed by atoms with E-state index in [1.165, 1.54) is 0 Å². The Hall–Kier alpha value is -2.33. The van der Waals surface area contributed by atoms with Gasteiger partial charge < -0.3 is 0 Å². The van der Waals surface area contributed by atoms with Crippen molar-refractivity contribution in [2.24, 2.45) is 7.05 Å². The summed E-state index contributed by atoms with van der Waals surface area (Å²) < 4.78 is 79.7. The lowest BCUT2D eigenvalue weighted by atomic mass is 10.1. The summed E-state index contributed by atoms with van der Waals surface area (Å²) in [6, 6.07) is -0.210. The molecule has 0 aromatic carbocycles. The number of aryl methyl sites for hydroxylation is 1. The molecule has 2 heterocycles. The fraction of sp³-hybridized carbons (Fsp3) is 0.500.